The van der Waals surface area contributed by atoms with Crippen molar-refractivity contribution in [2.75, 3.05) is 13.2 Å². The molecule has 0 saturated carbocycles. The van der Waals surface area contributed by atoms with E-state index in [4.69, 9.17) is 9.47 Å². The van der Waals surface area contributed by atoms with Crippen LogP contribution >= 0.6 is 15.9 Å². The number of rotatable bonds is 1. The Labute approximate surface area is 84.4 Å². The zero-order valence-corrected chi connectivity index (χ0v) is 8.45. The van der Waals surface area contributed by atoms with Crippen LogP contribution in [0.15, 0.2) is 22.7 Å². The van der Waals surface area contributed by atoms with Gasteiger partial charge in [0.25, 0.3) is 0 Å². The zero-order chi connectivity index (χ0) is 9.26. The molecule has 0 radical (unpaired) electrons. The average Bonchev–Trinajstić information content (AvgIpc) is 2.61. The molecule has 2 rings (SSSR count). The highest BCUT2D eigenvalue weighted by atomic mass is 79.9. The number of phenolic OH excluding ortho intramolecular Hbond substituents is 1. The fourth-order valence-corrected chi connectivity index (χ4v) is 1.68. The highest BCUT2D eigenvalue weighted by Gasteiger charge is 2.20. The van der Waals surface area contributed by atoms with E-state index in [-0.39, 0.29) is 12.0 Å². The zero-order valence-electron chi connectivity index (χ0n) is 6.87. The SMILES string of the molecule is Oc1ccc(Br)c(C2OCCO2)c1. The van der Waals surface area contributed by atoms with Gasteiger partial charge < -0.3 is 14.6 Å². The molecule has 0 aliphatic carbocycles. The summed E-state index contributed by atoms with van der Waals surface area (Å²) in [7, 11) is 0. The topological polar surface area (TPSA) is 38.7 Å². The summed E-state index contributed by atoms with van der Waals surface area (Å²) < 4.78 is 11.5. The monoisotopic (exact) mass is 244 g/mol. The van der Waals surface area contributed by atoms with Gasteiger partial charge in [-0.05, 0) is 18.2 Å². The molecule has 0 aromatic heterocycles. The molecule has 0 unspecified atom stereocenters. The Morgan fingerprint density at radius 1 is 1.31 bits per heavy atom. The quantitative estimate of drug-likeness (QED) is 0.824. The van der Waals surface area contributed by atoms with Gasteiger partial charge in [-0.1, -0.05) is 15.9 Å². The number of halogens is 1. The standard InChI is InChI=1S/C9H9BrO3/c10-8-2-1-6(11)5-7(8)9-12-3-4-13-9/h1-2,5,9,11H,3-4H2. The van der Waals surface area contributed by atoms with E-state index in [1.165, 1.54) is 0 Å². The van der Waals surface area contributed by atoms with Crippen LogP contribution in [0.4, 0.5) is 0 Å². The lowest BCUT2D eigenvalue weighted by molar-refractivity contribution is -0.0447. The summed E-state index contributed by atoms with van der Waals surface area (Å²) in [5, 5.41) is 9.27. The molecule has 1 aromatic rings. The molecule has 1 fully saturated rings. The summed E-state index contributed by atoms with van der Waals surface area (Å²) >= 11 is 3.37. The molecule has 1 saturated heterocycles. The van der Waals surface area contributed by atoms with Crippen LogP contribution in [0.25, 0.3) is 0 Å². The largest absolute Gasteiger partial charge is 0.508 e. The van der Waals surface area contributed by atoms with E-state index in [2.05, 4.69) is 15.9 Å². The first-order chi connectivity index (χ1) is 6.27. The molecule has 13 heavy (non-hydrogen) atoms. The molecule has 0 spiro atoms. The van der Waals surface area contributed by atoms with Gasteiger partial charge in [-0.2, -0.15) is 0 Å². The molecule has 1 aliphatic rings. The van der Waals surface area contributed by atoms with Gasteiger partial charge in [0, 0.05) is 10.0 Å². The predicted molar refractivity (Wildman–Crippen MR) is 50.5 cm³/mol. The van der Waals surface area contributed by atoms with Crippen molar-refractivity contribution in [2.45, 2.75) is 6.29 Å². The molecule has 70 valence electrons. The smallest absolute Gasteiger partial charge is 0.185 e. The van der Waals surface area contributed by atoms with Crippen molar-refractivity contribution >= 4 is 15.9 Å². The third-order valence-electron chi connectivity index (χ3n) is 1.86. The first kappa shape index (κ1) is 8.99. The Balaban J connectivity index is 2.32. The summed E-state index contributed by atoms with van der Waals surface area (Å²) in [5.74, 6) is 0.220. The van der Waals surface area contributed by atoms with Gasteiger partial charge in [-0.15, -0.1) is 0 Å². The highest BCUT2D eigenvalue weighted by molar-refractivity contribution is 9.10. The lowest BCUT2D eigenvalue weighted by atomic mass is 10.2. The van der Waals surface area contributed by atoms with E-state index in [0.29, 0.717) is 13.2 Å². The molecule has 1 aliphatic heterocycles. The van der Waals surface area contributed by atoms with Crippen LogP contribution in [0.3, 0.4) is 0 Å². The second-order valence-corrected chi connectivity index (χ2v) is 3.63. The van der Waals surface area contributed by atoms with Crippen molar-refractivity contribution in [3.63, 3.8) is 0 Å². The normalized spacial score (nSPS) is 17.9. The van der Waals surface area contributed by atoms with Gasteiger partial charge >= 0.3 is 0 Å². The van der Waals surface area contributed by atoms with E-state index in [0.717, 1.165) is 10.0 Å². The van der Waals surface area contributed by atoms with Crippen LogP contribution in [0.2, 0.25) is 0 Å². The molecule has 0 bridgehead atoms. The summed E-state index contributed by atoms with van der Waals surface area (Å²) in [6.45, 7) is 1.21. The number of hydrogen-bond acceptors (Lipinski definition) is 3. The first-order valence-corrected chi connectivity index (χ1v) is 4.78. The minimum Gasteiger partial charge on any atom is -0.508 e. The van der Waals surface area contributed by atoms with Gasteiger partial charge in [-0.3, -0.25) is 0 Å². The molecule has 0 atom stereocenters. The van der Waals surface area contributed by atoms with Crippen LogP contribution in [-0.2, 0) is 9.47 Å². The average molecular weight is 245 g/mol. The van der Waals surface area contributed by atoms with Gasteiger partial charge in [0.15, 0.2) is 6.29 Å². The predicted octanol–water partition coefficient (Wildman–Crippen LogP) is 2.20. The maximum absolute atomic E-state index is 9.27. The van der Waals surface area contributed by atoms with Crippen LogP contribution in [0.1, 0.15) is 11.9 Å². The van der Waals surface area contributed by atoms with E-state index >= 15 is 0 Å². The third kappa shape index (κ3) is 1.85. The molecule has 4 heteroatoms. The molecular weight excluding hydrogens is 236 g/mol. The lowest BCUT2D eigenvalue weighted by Crippen LogP contribution is -1.98. The molecule has 1 N–H and O–H groups in total. The fourth-order valence-electron chi connectivity index (χ4n) is 1.25. The van der Waals surface area contributed by atoms with E-state index in [9.17, 15) is 5.11 Å². The number of phenols is 1. The van der Waals surface area contributed by atoms with Crippen molar-refractivity contribution < 1.29 is 14.6 Å². The molecule has 1 heterocycles. The Morgan fingerprint density at radius 2 is 2.00 bits per heavy atom. The molecule has 1 aromatic carbocycles. The minimum atomic E-state index is -0.346. The van der Waals surface area contributed by atoms with Crippen molar-refractivity contribution in [1.82, 2.24) is 0 Å². The van der Waals surface area contributed by atoms with Gasteiger partial charge in [0.2, 0.25) is 0 Å². The van der Waals surface area contributed by atoms with Crippen LogP contribution in [0, 0.1) is 0 Å². The first-order valence-electron chi connectivity index (χ1n) is 3.99. The Bertz CT molecular complexity index is 308. The van der Waals surface area contributed by atoms with Crippen molar-refractivity contribution in [3.05, 3.63) is 28.2 Å². The Kier molecular flexibility index (Phi) is 2.53. The summed E-state index contributed by atoms with van der Waals surface area (Å²) in [6, 6.07) is 5.03. The van der Waals surface area contributed by atoms with Crippen molar-refractivity contribution in [2.24, 2.45) is 0 Å². The number of benzene rings is 1. The Morgan fingerprint density at radius 3 is 2.69 bits per heavy atom. The summed E-state index contributed by atoms with van der Waals surface area (Å²) in [4.78, 5) is 0. The van der Waals surface area contributed by atoms with Gasteiger partial charge in [-0.25, -0.2) is 0 Å². The fraction of sp³-hybridized carbons (Fsp3) is 0.333. The molecule has 3 nitrogen and oxygen atoms in total. The van der Waals surface area contributed by atoms with Crippen LogP contribution in [-0.4, -0.2) is 18.3 Å². The maximum Gasteiger partial charge on any atom is 0.185 e. The summed E-state index contributed by atoms with van der Waals surface area (Å²) in [6.07, 6.45) is -0.346. The second-order valence-electron chi connectivity index (χ2n) is 2.78. The Hall–Kier alpha value is -0.580. The summed E-state index contributed by atoms with van der Waals surface area (Å²) in [5.41, 5.74) is 0.831. The highest BCUT2D eigenvalue weighted by Crippen LogP contribution is 2.31. The van der Waals surface area contributed by atoms with Crippen LogP contribution in [0.5, 0.6) is 5.75 Å². The number of hydrogen-bond donors (Lipinski definition) is 1. The third-order valence-corrected chi connectivity index (χ3v) is 2.58. The number of aromatic hydroxyl groups is 1. The minimum absolute atomic E-state index is 0.220. The maximum atomic E-state index is 9.27. The lowest BCUT2D eigenvalue weighted by Gasteiger charge is -2.11. The van der Waals surface area contributed by atoms with E-state index in [1.54, 1.807) is 18.2 Å². The van der Waals surface area contributed by atoms with Gasteiger partial charge in [0.05, 0.1) is 13.2 Å². The van der Waals surface area contributed by atoms with Crippen LogP contribution < -0.4 is 0 Å². The molecule has 0 amide bonds. The van der Waals surface area contributed by atoms with E-state index in [1.807, 2.05) is 0 Å². The number of ether oxygens (including phenoxy) is 2. The second kappa shape index (κ2) is 3.65. The van der Waals surface area contributed by atoms with Crippen molar-refractivity contribution in [3.8, 4) is 5.75 Å². The van der Waals surface area contributed by atoms with Crippen molar-refractivity contribution in [1.29, 1.82) is 0 Å². The molecular formula is C9H9BrO3. The van der Waals surface area contributed by atoms with E-state index < -0.39 is 0 Å². The van der Waals surface area contributed by atoms with Gasteiger partial charge in [0.1, 0.15) is 5.75 Å².